The smallest absolute Gasteiger partial charge is 0.163 e. The molecule has 0 atom stereocenters. The van der Waals surface area contributed by atoms with Crippen molar-refractivity contribution in [3.8, 4) is 11.4 Å². The predicted octanol–water partition coefficient (Wildman–Crippen LogP) is 5.15. The number of hydrogen-bond donors (Lipinski definition) is 1. The Labute approximate surface area is 140 Å². The van der Waals surface area contributed by atoms with Crippen LogP contribution in [0.3, 0.4) is 0 Å². The number of nitrogens with one attached hydrogen (secondary N) is 1. The van der Waals surface area contributed by atoms with Gasteiger partial charge < -0.3 is 5.32 Å². The van der Waals surface area contributed by atoms with Gasteiger partial charge >= 0.3 is 0 Å². The summed E-state index contributed by atoms with van der Waals surface area (Å²) >= 11 is 6.93. The Morgan fingerprint density at radius 1 is 1.14 bits per heavy atom. The molecule has 21 heavy (non-hydrogen) atoms. The zero-order valence-electron chi connectivity index (χ0n) is 12.3. The molecule has 0 amide bonds. The first kappa shape index (κ1) is 16.4. The van der Waals surface area contributed by atoms with Gasteiger partial charge in [0, 0.05) is 22.5 Å². The van der Waals surface area contributed by atoms with Crippen LogP contribution in [-0.2, 0) is 5.41 Å². The lowest BCUT2D eigenvalue weighted by Crippen LogP contribution is -2.17. The van der Waals surface area contributed by atoms with E-state index in [9.17, 15) is 4.39 Å². The van der Waals surface area contributed by atoms with Crippen molar-refractivity contribution in [2.75, 3.05) is 12.4 Å². The van der Waals surface area contributed by atoms with E-state index < -0.39 is 0 Å². The molecule has 0 aliphatic rings. The van der Waals surface area contributed by atoms with E-state index in [1.54, 1.807) is 6.07 Å². The molecule has 0 saturated heterocycles. The van der Waals surface area contributed by atoms with Crippen molar-refractivity contribution in [1.29, 1.82) is 0 Å². The molecule has 0 spiro atoms. The van der Waals surface area contributed by atoms with Crippen molar-refractivity contribution < 1.29 is 4.39 Å². The molecule has 112 valence electrons. The first-order valence-corrected chi connectivity index (χ1v) is 8.04. The zero-order valence-corrected chi connectivity index (χ0v) is 15.4. The SMILES string of the molecule is CNc1nc(-c2ccc(F)cc2Br)nc(C(C)(C)C)c1Br. The molecule has 0 bridgehead atoms. The van der Waals surface area contributed by atoms with E-state index in [1.807, 2.05) is 7.05 Å². The van der Waals surface area contributed by atoms with Crippen molar-refractivity contribution in [2.45, 2.75) is 26.2 Å². The molecule has 1 aromatic heterocycles. The topological polar surface area (TPSA) is 37.8 Å². The molecule has 6 heteroatoms. The fraction of sp³-hybridized carbons (Fsp3) is 0.333. The molecule has 0 fully saturated rings. The van der Waals surface area contributed by atoms with Gasteiger partial charge in [-0.15, -0.1) is 0 Å². The normalized spacial score (nSPS) is 11.6. The van der Waals surface area contributed by atoms with Crippen LogP contribution in [-0.4, -0.2) is 17.0 Å². The summed E-state index contributed by atoms with van der Waals surface area (Å²) in [6.07, 6.45) is 0. The lowest BCUT2D eigenvalue weighted by atomic mass is 9.91. The summed E-state index contributed by atoms with van der Waals surface area (Å²) in [5, 5.41) is 3.06. The molecule has 0 saturated carbocycles. The number of aromatic nitrogens is 2. The Morgan fingerprint density at radius 3 is 2.33 bits per heavy atom. The van der Waals surface area contributed by atoms with E-state index in [2.05, 4.69) is 67.9 Å². The summed E-state index contributed by atoms with van der Waals surface area (Å²) in [6, 6.07) is 4.49. The molecule has 1 aromatic carbocycles. The number of halogens is 3. The van der Waals surface area contributed by atoms with Crippen LogP contribution < -0.4 is 5.32 Å². The average molecular weight is 417 g/mol. The standard InChI is InChI=1S/C15H16Br2FN3/c1-15(2,3)12-11(17)14(19-4)21-13(20-12)9-6-5-8(18)7-10(9)16/h5-7H,1-4H3,(H,19,20,21). The minimum atomic E-state index is -0.298. The van der Waals surface area contributed by atoms with E-state index in [1.165, 1.54) is 12.1 Å². The molecule has 2 aromatic rings. The highest BCUT2D eigenvalue weighted by Crippen LogP contribution is 2.35. The monoisotopic (exact) mass is 415 g/mol. The summed E-state index contributed by atoms with van der Waals surface area (Å²) in [4.78, 5) is 9.17. The van der Waals surface area contributed by atoms with Crippen LogP contribution in [0.2, 0.25) is 0 Å². The van der Waals surface area contributed by atoms with Gasteiger partial charge in [-0.2, -0.15) is 0 Å². The van der Waals surface area contributed by atoms with Gasteiger partial charge in [-0.05, 0) is 50.1 Å². The Morgan fingerprint density at radius 2 is 1.81 bits per heavy atom. The first-order valence-electron chi connectivity index (χ1n) is 6.45. The molecule has 2 rings (SSSR count). The Balaban J connectivity index is 2.70. The number of benzene rings is 1. The predicted molar refractivity (Wildman–Crippen MR) is 91.1 cm³/mol. The van der Waals surface area contributed by atoms with Crippen molar-refractivity contribution in [1.82, 2.24) is 9.97 Å². The number of anilines is 1. The van der Waals surface area contributed by atoms with E-state index >= 15 is 0 Å². The van der Waals surface area contributed by atoms with Gasteiger partial charge in [0.1, 0.15) is 11.6 Å². The number of hydrogen-bond acceptors (Lipinski definition) is 3. The lowest BCUT2D eigenvalue weighted by molar-refractivity contribution is 0.564. The maximum absolute atomic E-state index is 13.3. The zero-order chi connectivity index (χ0) is 15.8. The van der Waals surface area contributed by atoms with Crippen LogP contribution in [0.1, 0.15) is 26.5 Å². The fourth-order valence-corrected chi connectivity index (χ4v) is 3.40. The summed E-state index contributed by atoms with van der Waals surface area (Å²) in [6.45, 7) is 6.26. The van der Waals surface area contributed by atoms with Gasteiger partial charge in [0.15, 0.2) is 5.82 Å². The highest BCUT2D eigenvalue weighted by molar-refractivity contribution is 9.11. The van der Waals surface area contributed by atoms with Gasteiger partial charge in [0.25, 0.3) is 0 Å². The first-order chi connectivity index (χ1) is 9.74. The molecule has 3 nitrogen and oxygen atoms in total. The third kappa shape index (κ3) is 3.43. The second kappa shape index (κ2) is 6.01. The van der Waals surface area contributed by atoms with Crippen molar-refractivity contribution in [3.05, 3.63) is 38.7 Å². The van der Waals surface area contributed by atoms with Crippen LogP contribution >= 0.6 is 31.9 Å². The van der Waals surface area contributed by atoms with Crippen LogP contribution in [0.25, 0.3) is 11.4 Å². The molecule has 0 radical (unpaired) electrons. The van der Waals surface area contributed by atoms with Crippen molar-refractivity contribution in [2.24, 2.45) is 0 Å². The van der Waals surface area contributed by atoms with Crippen LogP contribution in [0.15, 0.2) is 27.1 Å². The van der Waals surface area contributed by atoms with E-state index in [0.29, 0.717) is 16.1 Å². The molecule has 0 unspecified atom stereocenters. The van der Waals surface area contributed by atoms with Crippen LogP contribution in [0, 0.1) is 5.82 Å². The third-order valence-corrected chi connectivity index (χ3v) is 4.38. The second-order valence-corrected chi connectivity index (χ2v) is 7.33. The highest BCUT2D eigenvalue weighted by atomic mass is 79.9. The molecule has 0 aliphatic heterocycles. The third-order valence-electron chi connectivity index (χ3n) is 2.97. The van der Waals surface area contributed by atoms with Crippen molar-refractivity contribution in [3.63, 3.8) is 0 Å². The minimum absolute atomic E-state index is 0.144. The van der Waals surface area contributed by atoms with Gasteiger partial charge in [-0.1, -0.05) is 20.8 Å². The Kier molecular flexibility index (Phi) is 4.68. The molecular formula is C15H16Br2FN3. The van der Waals surface area contributed by atoms with E-state index in [0.717, 1.165) is 15.7 Å². The summed E-state index contributed by atoms with van der Waals surface area (Å²) < 4.78 is 14.7. The van der Waals surface area contributed by atoms with Gasteiger partial charge in [-0.3, -0.25) is 0 Å². The maximum atomic E-state index is 13.3. The quantitative estimate of drug-likeness (QED) is 0.735. The highest BCUT2D eigenvalue weighted by Gasteiger charge is 2.23. The fourth-order valence-electron chi connectivity index (χ4n) is 1.90. The van der Waals surface area contributed by atoms with Crippen LogP contribution in [0.4, 0.5) is 10.2 Å². The van der Waals surface area contributed by atoms with Crippen molar-refractivity contribution >= 4 is 37.7 Å². The number of nitrogens with zero attached hydrogens (tertiary/aromatic N) is 2. The summed E-state index contributed by atoms with van der Waals surface area (Å²) in [7, 11) is 1.81. The van der Waals surface area contributed by atoms with Gasteiger partial charge in [0.05, 0.1) is 10.2 Å². The van der Waals surface area contributed by atoms with Gasteiger partial charge in [-0.25, -0.2) is 14.4 Å². The Hall–Kier alpha value is -1.01. The summed E-state index contributed by atoms with van der Waals surface area (Å²) in [5.41, 5.74) is 1.51. The maximum Gasteiger partial charge on any atom is 0.163 e. The average Bonchev–Trinajstić information content (AvgIpc) is 2.38. The van der Waals surface area contributed by atoms with E-state index in [4.69, 9.17) is 0 Å². The molecule has 1 N–H and O–H groups in total. The second-order valence-electron chi connectivity index (χ2n) is 5.68. The molecular weight excluding hydrogens is 401 g/mol. The lowest BCUT2D eigenvalue weighted by Gasteiger charge is -2.22. The minimum Gasteiger partial charge on any atom is -0.372 e. The van der Waals surface area contributed by atoms with Crippen LogP contribution in [0.5, 0.6) is 0 Å². The van der Waals surface area contributed by atoms with E-state index in [-0.39, 0.29) is 11.2 Å². The largest absolute Gasteiger partial charge is 0.372 e. The number of rotatable bonds is 2. The van der Waals surface area contributed by atoms with Gasteiger partial charge in [0.2, 0.25) is 0 Å². The Bertz CT molecular complexity index is 681. The summed E-state index contributed by atoms with van der Waals surface area (Å²) in [5.74, 6) is 0.966. The molecule has 0 aliphatic carbocycles. The molecule has 1 heterocycles.